The predicted molar refractivity (Wildman–Crippen MR) is 106 cm³/mol. The molecule has 0 unspecified atom stereocenters. The van der Waals surface area contributed by atoms with E-state index in [0.29, 0.717) is 18.3 Å². The Bertz CT molecular complexity index is 784. The van der Waals surface area contributed by atoms with Gasteiger partial charge in [0.15, 0.2) is 5.69 Å². The average Bonchev–Trinajstić information content (AvgIpc) is 3.44. The Morgan fingerprint density at radius 3 is 2.48 bits per heavy atom. The Kier molecular flexibility index (Phi) is 7.53. The molecule has 0 aliphatic carbocycles. The molecule has 3 aliphatic heterocycles. The van der Waals surface area contributed by atoms with Crippen LogP contribution in [0.25, 0.3) is 0 Å². The molecule has 4 heterocycles. The van der Waals surface area contributed by atoms with Crippen LogP contribution in [-0.4, -0.2) is 87.0 Å². The number of likely N-dealkylation sites (tertiary alicyclic amines) is 2. The first-order valence-corrected chi connectivity index (χ1v) is 11.2. The van der Waals surface area contributed by atoms with Gasteiger partial charge in [0.25, 0.3) is 5.91 Å². The third-order valence-corrected chi connectivity index (χ3v) is 6.57. The Morgan fingerprint density at radius 1 is 1.23 bits per heavy atom. The van der Waals surface area contributed by atoms with Crippen molar-refractivity contribution >= 4 is 23.4 Å². The first-order chi connectivity index (χ1) is 14.6. The van der Waals surface area contributed by atoms with Crippen molar-refractivity contribution in [3.8, 4) is 0 Å². The third kappa shape index (κ3) is 6.13. The van der Waals surface area contributed by atoms with Gasteiger partial charge in [-0.2, -0.15) is 13.2 Å². The summed E-state index contributed by atoms with van der Waals surface area (Å²) in [6.45, 7) is 6.88. The number of ether oxygens (including phenoxy) is 1. The van der Waals surface area contributed by atoms with Crippen molar-refractivity contribution in [1.82, 2.24) is 19.4 Å². The zero-order valence-corrected chi connectivity index (χ0v) is 18.2. The molecule has 1 amide bonds. The molecule has 3 fully saturated rings. The second-order valence-electron chi connectivity index (χ2n) is 8.28. The van der Waals surface area contributed by atoms with Gasteiger partial charge in [0.2, 0.25) is 0 Å². The Labute approximate surface area is 182 Å². The van der Waals surface area contributed by atoms with Crippen LogP contribution in [-0.2, 0) is 9.53 Å². The lowest BCUT2D eigenvalue weighted by Gasteiger charge is -2.39. The van der Waals surface area contributed by atoms with E-state index in [2.05, 4.69) is 14.5 Å². The number of carboxylic acids is 1. The van der Waals surface area contributed by atoms with Crippen LogP contribution in [0.3, 0.4) is 0 Å². The van der Waals surface area contributed by atoms with Crippen molar-refractivity contribution in [3.63, 3.8) is 0 Å². The number of carbonyl (C=O) groups is 2. The summed E-state index contributed by atoms with van der Waals surface area (Å²) in [5, 5.41) is 11.1. The van der Waals surface area contributed by atoms with Crippen molar-refractivity contribution in [1.29, 1.82) is 0 Å². The van der Waals surface area contributed by atoms with Gasteiger partial charge in [-0.1, -0.05) is 4.49 Å². The Morgan fingerprint density at radius 2 is 1.90 bits per heavy atom. The van der Waals surface area contributed by atoms with E-state index in [1.165, 1.54) is 43.9 Å². The van der Waals surface area contributed by atoms with Crippen LogP contribution in [0.2, 0.25) is 0 Å². The maximum absolute atomic E-state index is 12.7. The zero-order valence-electron chi connectivity index (χ0n) is 17.4. The van der Waals surface area contributed by atoms with E-state index >= 15 is 0 Å². The number of hydrogen-bond acceptors (Lipinski definition) is 7. The van der Waals surface area contributed by atoms with Crippen molar-refractivity contribution in [3.05, 3.63) is 10.6 Å². The maximum Gasteiger partial charge on any atom is 0.490 e. The summed E-state index contributed by atoms with van der Waals surface area (Å²) >= 11 is 1.29. The molecule has 174 valence electrons. The average molecular weight is 465 g/mol. The first kappa shape index (κ1) is 23.9. The summed E-state index contributed by atoms with van der Waals surface area (Å²) < 4.78 is 42.2. The highest BCUT2D eigenvalue weighted by Gasteiger charge is 2.45. The highest BCUT2D eigenvalue weighted by atomic mass is 32.1. The minimum Gasteiger partial charge on any atom is -0.475 e. The molecule has 3 saturated heterocycles. The van der Waals surface area contributed by atoms with E-state index in [4.69, 9.17) is 14.6 Å². The number of carbonyl (C=O) groups excluding carboxylic acids is 1. The number of aryl methyl sites for hydroxylation is 1. The lowest BCUT2D eigenvalue weighted by molar-refractivity contribution is -0.192. The summed E-state index contributed by atoms with van der Waals surface area (Å²) in [6, 6.07) is 0. The van der Waals surface area contributed by atoms with Gasteiger partial charge >= 0.3 is 12.1 Å². The van der Waals surface area contributed by atoms with E-state index in [-0.39, 0.29) is 11.5 Å². The topological polar surface area (TPSA) is 95.9 Å². The van der Waals surface area contributed by atoms with Crippen molar-refractivity contribution in [2.75, 3.05) is 32.7 Å². The van der Waals surface area contributed by atoms with E-state index in [9.17, 15) is 18.0 Å². The molecule has 12 heteroatoms. The second kappa shape index (κ2) is 9.78. The molecular formula is C19H27F3N4O4S. The summed E-state index contributed by atoms with van der Waals surface area (Å²) in [6.07, 6.45) is 2.27. The monoisotopic (exact) mass is 464 g/mol. The van der Waals surface area contributed by atoms with Crippen molar-refractivity contribution in [2.45, 2.75) is 63.3 Å². The molecular weight excluding hydrogens is 437 g/mol. The number of alkyl halides is 3. The van der Waals surface area contributed by atoms with E-state index in [1.54, 1.807) is 0 Å². The predicted octanol–water partition coefficient (Wildman–Crippen LogP) is 2.73. The number of hydrogen-bond donors (Lipinski definition) is 1. The lowest BCUT2D eigenvalue weighted by atomic mass is 9.90. The number of amides is 1. The fourth-order valence-corrected chi connectivity index (χ4v) is 4.86. The second-order valence-corrected chi connectivity index (χ2v) is 9.24. The fourth-order valence-electron chi connectivity index (χ4n) is 4.40. The molecule has 31 heavy (non-hydrogen) atoms. The molecule has 4 rings (SSSR count). The molecule has 2 atom stereocenters. The van der Waals surface area contributed by atoms with Gasteiger partial charge < -0.3 is 19.6 Å². The van der Waals surface area contributed by atoms with Gasteiger partial charge in [0.05, 0.1) is 23.1 Å². The third-order valence-electron chi connectivity index (χ3n) is 5.94. The van der Waals surface area contributed by atoms with Gasteiger partial charge in [-0.25, -0.2) is 4.79 Å². The molecule has 8 nitrogen and oxygen atoms in total. The summed E-state index contributed by atoms with van der Waals surface area (Å²) in [5.41, 5.74) is 0.386. The first-order valence-electron chi connectivity index (χ1n) is 10.4. The zero-order chi connectivity index (χ0) is 22.6. The SMILES string of the molecule is Cc1snnc1C(=O)N1CC[C@]2(CCC[C@H](CN3CCCC3)O2)C1.O=C(O)C(F)(F)F. The standard InChI is InChI=1S/C17H26N4O2S.C2HF3O2/c1-13-15(18-19-24-13)16(22)21-10-7-17(12-21)6-4-5-14(23-17)11-20-8-2-3-9-20;3-2(4,5)1(6)7/h14H,2-12H2,1H3;(H,6,7)/t14-,17-;/m1./s1. The molecule has 0 radical (unpaired) electrons. The molecule has 0 aromatic carbocycles. The summed E-state index contributed by atoms with van der Waals surface area (Å²) in [5.74, 6) is -2.74. The number of rotatable bonds is 3. The van der Waals surface area contributed by atoms with Crippen molar-refractivity contribution < 1.29 is 32.6 Å². The summed E-state index contributed by atoms with van der Waals surface area (Å²) in [7, 11) is 0. The van der Waals surface area contributed by atoms with Crippen molar-refractivity contribution in [2.24, 2.45) is 0 Å². The molecule has 1 spiro atoms. The Balaban J connectivity index is 0.000000339. The number of nitrogens with zero attached hydrogens (tertiary/aromatic N) is 4. The normalized spacial score (nSPS) is 26.7. The van der Waals surface area contributed by atoms with Gasteiger partial charge in [-0.15, -0.1) is 5.10 Å². The number of halogens is 3. The number of aromatic nitrogens is 2. The minimum atomic E-state index is -5.08. The van der Waals surface area contributed by atoms with E-state index < -0.39 is 12.1 Å². The van der Waals surface area contributed by atoms with Crippen LogP contribution in [0.4, 0.5) is 13.2 Å². The van der Waals surface area contributed by atoms with Crippen LogP contribution < -0.4 is 0 Å². The highest BCUT2D eigenvalue weighted by Crippen LogP contribution is 2.37. The summed E-state index contributed by atoms with van der Waals surface area (Å²) in [4.78, 5) is 26.9. The van der Waals surface area contributed by atoms with Gasteiger partial charge in [0, 0.05) is 13.1 Å². The van der Waals surface area contributed by atoms with E-state index in [0.717, 1.165) is 37.2 Å². The van der Waals surface area contributed by atoms with Gasteiger partial charge in [-0.05, 0) is 70.1 Å². The van der Waals surface area contributed by atoms with Gasteiger partial charge in [0.1, 0.15) is 0 Å². The number of carboxylic acid groups (broad SMARTS) is 1. The van der Waals surface area contributed by atoms with Crippen LogP contribution in [0.1, 0.15) is 53.9 Å². The van der Waals surface area contributed by atoms with Crippen LogP contribution in [0.15, 0.2) is 0 Å². The largest absolute Gasteiger partial charge is 0.490 e. The fraction of sp³-hybridized carbons (Fsp3) is 0.789. The van der Waals surface area contributed by atoms with Crippen LogP contribution in [0, 0.1) is 6.92 Å². The number of aliphatic carboxylic acids is 1. The molecule has 1 aromatic rings. The Hall–Kier alpha value is -1.79. The maximum atomic E-state index is 12.7. The van der Waals surface area contributed by atoms with Crippen LogP contribution >= 0.6 is 11.5 Å². The molecule has 0 saturated carbocycles. The smallest absolute Gasteiger partial charge is 0.475 e. The minimum absolute atomic E-state index is 0.0170. The molecule has 1 aromatic heterocycles. The molecule has 3 aliphatic rings. The van der Waals surface area contributed by atoms with E-state index in [1.807, 2.05) is 11.8 Å². The van der Waals surface area contributed by atoms with Crippen LogP contribution in [0.5, 0.6) is 0 Å². The quantitative estimate of drug-likeness (QED) is 0.735. The lowest BCUT2D eigenvalue weighted by Crippen LogP contribution is -2.47. The highest BCUT2D eigenvalue weighted by molar-refractivity contribution is 7.05. The molecule has 0 bridgehead atoms. The van der Waals surface area contributed by atoms with Gasteiger partial charge in [-0.3, -0.25) is 4.79 Å². The molecule has 1 N–H and O–H groups in total.